The molecule has 30 heavy (non-hydrogen) atoms. The topological polar surface area (TPSA) is 74.6 Å². The van der Waals surface area contributed by atoms with Crippen molar-refractivity contribution in [2.75, 3.05) is 49.1 Å². The van der Waals surface area contributed by atoms with Crippen molar-refractivity contribution in [2.45, 2.75) is 20.4 Å². The first-order chi connectivity index (χ1) is 14.6. The highest BCUT2D eigenvalue weighted by Gasteiger charge is 2.24. The van der Waals surface area contributed by atoms with Gasteiger partial charge in [-0.05, 0) is 37.4 Å². The van der Waals surface area contributed by atoms with Crippen LogP contribution in [0.3, 0.4) is 0 Å². The Labute approximate surface area is 179 Å². The Bertz CT molecular complexity index is 1070. The van der Waals surface area contributed by atoms with Crippen molar-refractivity contribution in [3.8, 4) is 0 Å². The van der Waals surface area contributed by atoms with Gasteiger partial charge >= 0.3 is 0 Å². The molecule has 0 radical (unpaired) electrons. The van der Waals surface area contributed by atoms with E-state index in [2.05, 4.69) is 9.88 Å². The van der Waals surface area contributed by atoms with Crippen molar-refractivity contribution in [1.82, 2.24) is 19.4 Å². The molecule has 1 fully saturated rings. The zero-order chi connectivity index (χ0) is 21.1. The third kappa shape index (κ3) is 3.89. The summed E-state index contributed by atoms with van der Waals surface area (Å²) in [4.78, 5) is 41.3. The summed E-state index contributed by atoms with van der Waals surface area (Å²) in [6.45, 7) is 8.16. The molecule has 1 amide bonds. The largest absolute Gasteiger partial charge is 0.353 e. The molecule has 4 heterocycles. The molecule has 0 bridgehead atoms. The summed E-state index contributed by atoms with van der Waals surface area (Å²) < 4.78 is 2.14. The number of nitrogens with zero attached hydrogens (tertiary/aromatic N) is 6. The van der Waals surface area contributed by atoms with Gasteiger partial charge in [-0.15, -0.1) is 11.3 Å². The molecule has 0 spiro atoms. The molecule has 0 atom stereocenters. The van der Waals surface area contributed by atoms with Crippen LogP contribution in [-0.2, 0) is 11.3 Å². The van der Waals surface area contributed by atoms with E-state index in [1.165, 1.54) is 11.3 Å². The lowest BCUT2D eigenvalue weighted by atomic mass is 10.3. The molecule has 4 rings (SSSR count). The van der Waals surface area contributed by atoms with Crippen LogP contribution in [0.5, 0.6) is 0 Å². The maximum absolute atomic E-state index is 13.1. The highest BCUT2D eigenvalue weighted by molar-refractivity contribution is 7.17. The Balaban J connectivity index is 1.54. The molecular formula is C21H26N6O2S. The van der Waals surface area contributed by atoms with Crippen LogP contribution in [0.15, 0.2) is 40.6 Å². The molecule has 0 unspecified atom stereocenters. The highest BCUT2D eigenvalue weighted by atomic mass is 32.1. The Morgan fingerprint density at radius 1 is 1.13 bits per heavy atom. The van der Waals surface area contributed by atoms with Crippen molar-refractivity contribution in [1.29, 1.82) is 0 Å². The SMILES string of the molecule is CCN(CC)c1nc2ccsc2c(=O)n1CC(=O)N1CCN(c2ccccn2)CC1. The lowest BCUT2D eigenvalue weighted by Gasteiger charge is -2.35. The Morgan fingerprint density at radius 2 is 1.90 bits per heavy atom. The van der Waals surface area contributed by atoms with E-state index < -0.39 is 0 Å². The summed E-state index contributed by atoms with van der Waals surface area (Å²) in [5.41, 5.74) is 0.553. The molecule has 1 aliphatic rings. The fourth-order valence-electron chi connectivity index (χ4n) is 3.78. The second-order valence-electron chi connectivity index (χ2n) is 7.17. The zero-order valence-electron chi connectivity index (χ0n) is 17.3. The molecule has 3 aromatic rings. The summed E-state index contributed by atoms with van der Waals surface area (Å²) in [5, 5.41) is 1.87. The molecule has 9 heteroatoms. The number of fused-ring (bicyclic) bond motifs is 1. The van der Waals surface area contributed by atoms with Crippen LogP contribution in [0, 0.1) is 0 Å². The maximum Gasteiger partial charge on any atom is 0.273 e. The number of piperazine rings is 1. The maximum atomic E-state index is 13.1. The number of pyridine rings is 1. The average molecular weight is 427 g/mol. The second-order valence-corrected chi connectivity index (χ2v) is 8.08. The van der Waals surface area contributed by atoms with E-state index in [9.17, 15) is 9.59 Å². The van der Waals surface area contributed by atoms with E-state index in [1.807, 2.05) is 53.3 Å². The zero-order valence-corrected chi connectivity index (χ0v) is 18.1. The van der Waals surface area contributed by atoms with Crippen LogP contribution in [0.4, 0.5) is 11.8 Å². The first-order valence-corrected chi connectivity index (χ1v) is 11.2. The summed E-state index contributed by atoms with van der Waals surface area (Å²) in [5.74, 6) is 1.44. The third-order valence-corrected chi connectivity index (χ3v) is 6.38. The summed E-state index contributed by atoms with van der Waals surface area (Å²) >= 11 is 1.37. The number of amides is 1. The monoisotopic (exact) mass is 426 g/mol. The van der Waals surface area contributed by atoms with Gasteiger partial charge in [0.25, 0.3) is 5.56 Å². The molecule has 1 saturated heterocycles. The van der Waals surface area contributed by atoms with E-state index in [4.69, 9.17) is 4.98 Å². The quantitative estimate of drug-likeness (QED) is 0.601. The Morgan fingerprint density at radius 3 is 2.57 bits per heavy atom. The van der Waals surface area contributed by atoms with Crippen LogP contribution < -0.4 is 15.4 Å². The molecule has 0 aliphatic carbocycles. The van der Waals surface area contributed by atoms with Gasteiger partial charge in [-0.3, -0.25) is 14.2 Å². The van der Waals surface area contributed by atoms with Crippen molar-refractivity contribution >= 4 is 39.2 Å². The Kier molecular flexibility index (Phi) is 5.98. The van der Waals surface area contributed by atoms with Crippen LogP contribution in [0.2, 0.25) is 0 Å². The number of anilines is 2. The standard InChI is InChI=1S/C21H26N6O2S/c1-3-24(4-2)21-23-16-8-14-30-19(16)20(29)27(21)15-18(28)26-12-10-25(11-13-26)17-7-5-6-9-22-17/h5-9,14H,3-4,10-13,15H2,1-2H3. The van der Waals surface area contributed by atoms with Gasteiger partial charge in [0.05, 0.1) is 5.52 Å². The first kappa shape index (κ1) is 20.3. The lowest BCUT2D eigenvalue weighted by molar-refractivity contribution is -0.132. The Hall–Kier alpha value is -2.94. The van der Waals surface area contributed by atoms with Crippen molar-refractivity contribution in [3.05, 3.63) is 46.2 Å². The summed E-state index contributed by atoms with van der Waals surface area (Å²) in [6, 6.07) is 7.70. The van der Waals surface area contributed by atoms with E-state index in [1.54, 1.807) is 10.8 Å². The lowest BCUT2D eigenvalue weighted by Crippen LogP contribution is -2.50. The van der Waals surface area contributed by atoms with Gasteiger partial charge in [0.15, 0.2) is 0 Å². The number of hydrogen-bond acceptors (Lipinski definition) is 7. The molecule has 8 nitrogen and oxygen atoms in total. The van der Waals surface area contributed by atoms with Gasteiger partial charge < -0.3 is 14.7 Å². The predicted octanol–water partition coefficient (Wildman–Crippen LogP) is 2.05. The fraction of sp³-hybridized carbons (Fsp3) is 0.429. The number of thiophene rings is 1. The molecule has 0 saturated carbocycles. The molecule has 0 aromatic carbocycles. The molecule has 3 aromatic heterocycles. The van der Waals surface area contributed by atoms with Crippen LogP contribution in [0.25, 0.3) is 10.2 Å². The van der Waals surface area contributed by atoms with Crippen LogP contribution >= 0.6 is 11.3 Å². The third-order valence-electron chi connectivity index (χ3n) is 5.49. The summed E-state index contributed by atoms with van der Waals surface area (Å²) in [7, 11) is 0. The van der Waals surface area contributed by atoms with Crippen LogP contribution in [0.1, 0.15) is 13.8 Å². The second kappa shape index (κ2) is 8.83. The molecular weight excluding hydrogens is 400 g/mol. The molecule has 0 N–H and O–H groups in total. The summed E-state index contributed by atoms with van der Waals surface area (Å²) in [6.07, 6.45) is 1.78. The van der Waals surface area contributed by atoms with Crippen molar-refractivity contribution in [2.24, 2.45) is 0 Å². The van der Waals surface area contributed by atoms with E-state index in [-0.39, 0.29) is 18.0 Å². The fourth-order valence-corrected chi connectivity index (χ4v) is 4.56. The number of hydrogen-bond donors (Lipinski definition) is 0. The van der Waals surface area contributed by atoms with Gasteiger partial charge in [-0.2, -0.15) is 0 Å². The van der Waals surface area contributed by atoms with Crippen LogP contribution in [-0.4, -0.2) is 64.6 Å². The van der Waals surface area contributed by atoms with E-state index >= 15 is 0 Å². The highest BCUT2D eigenvalue weighted by Crippen LogP contribution is 2.20. The van der Waals surface area contributed by atoms with Crippen molar-refractivity contribution in [3.63, 3.8) is 0 Å². The van der Waals surface area contributed by atoms with Gasteiger partial charge in [-0.25, -0.2) is 9.97 Å². The first-order valence-electron chi connectivity index (χ1n) is 10.3. The minimum absolute atomic E-state index is 0.00902. The minimum atomic E-state index is -0.141. The number of carbonyl (C=O) groups is 1. The molecule has 158 valence electrons. The minimum Gasteiger partial charge on any atom is -0.353 e. The van der Waals surface area contributed by atoms with E-state index in [0.717, 1.165) is 32.0 Å². The average Bonchev–Trinajstić information content (AvgIpc) is 3.26. The number of rotatable bonds is 6. The van der Waals surface area contributed by atoms with Gasteiger partial charge in [0.1, 0.15) is 17.1 Å². The van der Waals surface area contributed by atoms with Gasteiger partial charge in [0, 0.05) is 45.5 Å². The smallest absolute Gasteiger partial charge is 0.273 e. The van der Waals surface area contributed by atoms with Gasteiger partial charge in [-0.1, -0.05) is 6.07 Å². The number of aromatic nitrogens is 3. The normalized spacial score (nSPS) is 14.3. The number of carbonyl (C=O) groups excluding carboxylic acids is 1. The predicted molar refractivity (Wildman–Crippen MR) is 120 cm³/mol. The molecule has 1 aliphatic heterocycles. The van der Waals surface area contributed by atoms with Crippen molar-refractivity contribution < 1.29 is 4.79 Å². The van der Waals surface area contributed by atoms with Gasteiger partial charge in [0.2, 0.25) is 11.9 Å². The van der Waals surface area contributed by atoms with E-state index in [0.29, 0.717) is 29.3 Å².